The molecule has 0 atom stereocenters. The lowest BCUT2D eigenvalue weighted by Crippen LogP contribution is -2.57. The highest BCUT2D eigenvalue weighted by Crippen LogP contribution is 2.32. The van der Waals surface area contributed by atoms with Crippen LogP contribution in [0.25, 0.3) is 0 Å². The molecule has 120 valence electrons. The first kappa shape index (κ1) is 15.2. The zero-order chi connectivity index (χ0) is 15.5. The van der Waals surface area contributed by atoms with Crippen LogP contribution >= 0.6 is 0 Å². The van der Waals surface area contributed by atoms with E-state index < -0.39 is 8.07 Å². The van der Waals surface area contributed by atoms with E-state index in [1.807, 2.05) is 5.19 Å². The van der Waals surface area contributed by atoms with E-state index in [9.17, 15) is 0 Å². The average molecular weight is 322 g/mol. The molecule has 2 heterocycles. The van der Waals surface area contributed by atoms with Crippen molar-refractivity contribution in [3.8, 4) is 0 Å². The summed E-state index contributed by atoms with van der Waals surface area (Å²) in [7, 11) is -1.18. The van der Waals surface area contributed by atoms with Gasteiger partial charge in [0.15, 0.2) is 0 Å². The van der Waals surface area contributed by atoms with Gasteiger partial charge in [-0.3, -0.25) is 0 Å². The van der Waals surface area contributed by atoms with E-state index in [1.165, 1.54) is 62.6 Å². The molecule has 2 aromatic carbocycles. The minimum absolute atomic E-state index is 1.18. The summed E-state index contributed by atoms with van der Waals surface area (Å²) < 4.78 is 0. The number of fused-ring (bicyclic) bond motifs is 2. The smallest absolute Gasteiger partial charge is 0.0895 e. The fourth-order valence-corrected chi connectivity index (χ4v) is 9.90. The zero-order valence-electron chi connectivity index (χ0n) is 14.0. The predicted octanol–water partition coefficient (Wildman–Crippen LogP) is 3.85. The third-order valence-electron chi connectivity index (χ3n) is 6.06. The Hall–Kier alpha value is -1.38. The fourth-order valence-electron chi connectivity index (χ4n) is 4.66. The molecule has 23 heavy (non-hydrogen) atoms. The van der Waals surface area contributed by atoms with Gasteiger partial charge in [0, 0.05) is 6.54 Å². The van der Waals surface area contributed by atoms with Crippen molar-refractivity contribution in [3.63, 3.8) is 0 Å². The van der Waals surface area contributed by atoms with E-state index in [2.05, 4.69) is 59.5 Å². The van der Waals surface area contributed by atoms with Crippen LogP contribution in [0.3, 0.4) is 0 Å². The van der Waals surface area contributed by atoms with Crippen molar-refractivity contribution in [2.24, 2.45) is 0 Å². The third kappa shape index (κ3) is 3.15. The lowest BCUT2D eigenvalue weighted by molar-refractivity contribution is 0.293. The van der Waals surface area contributed by atoms with E-state index in [-0.39, 0.29) is 0 Å². The summed E-state index contributed by atoms with van der Waals surface area (Å²) in [6.45, 7) is 3.89. The molecule has 0 bridgehead atoms. The van der Waals surface area contributed by atoms with Crippen LogP contribution in [0.1, 0.15) is 17.5 Å². The third-order valence-corrected chi connectivity index (χ3v) is 11.4. The summed E-state index contributed by atoms with van der Waals surface area (Å²) in [5, 5.41) is 1.81. The van der Waals surface area contributed by atoms with E-state index in [1.54, 1.807) is 5.56 Å². The first-order valence-corrected chi connectivity index (χ1v) is 11.8. The Labute approximate surface area is 141 Å². The predicted molar refractivity (Wildman–Crippen MR) is 101 cm³/mol. The minimum atomic E-state index is -1.18. The Morgan fingerprint density at radius 2 is 1.57 bits per heavy atom. The van der Waals surface area contributed by atoms with Crippen LogP contribution in [0.2, 0.25) is 18.1 Å². The van der Waals surface area contributed by atoms with Crippen molar-refractivity contribution in [2.45, 2.75) is 37.4 Å². The van der Waals surface area contributed by atoms with Crippen molar-refractivity contribution in [3.05, 3.63) is 65.7 Å². The number of nitrogens with zero attached hydrogens (tertiary/aromatic N) is 1. The highest BCUT2D eigenvalue weighted by Gasteiger charge is 2.40. The molecular weight excluding hydrogens is 294 g/mol. The summed E-state index contributed by atoms with van der Waals surface area (Å²) in [6.07, 6.45) is 3.96. The lowest BCUT2D eigenvalue weighted by Gasteiger charge is -2.44. The topological polar surface area (TPSA) is 3.24 Å². The molecule has 0 saturated carbocycles. The molecule has 2 aromatic rings. The van der Waals surface area contributed by atoms with Gasteiger partial charge in [-0.15, -0.1) is 0 Å². The maximum atomic E-state index is 2.71. The molecule has 0 amide bonds. The Bertz CT molecular complexity index is 644. The van der Waals surface area contributed by atoms with Gasteiger partial charge in [0.05, 0.1) is 8.07 Å². The molecule has 1 fully saturated rings. The summed E-state index contributed by atoms with van der Waals surface area (Å²) in [6, 6.07) is 24.8. The van der Waals surface area contributed by atoms with Gasteiger partial charge < -0.3 is 4.90 Å². The van der Waals surface area contributed by atoms with Crippen LogP contribution in [0, 0.1) is 0 Å². The second kappa shape index (κ2) is 6.62. The SMILES string of the molecule is c1ccc(CCN2CC[Si]3(CCCc4ccccc43)CC2)cc1. The van der Waals surface area contributed by atoms with Crippen LogP contribution < -0.4 is 5.19 Å². The standard InChI is InChI=1S/C21H27NSi/c1-2-7-19(8-3-1)12-13-22-14-17-23(18-15-22)16-6-10-20-9-4-5-11-21(20)23/h1-5,7-9,11H,6,10,12-18H2. The number of benzene rings is 2. The van der Waals surface area contributed by atoms with Crippen molar-refractivity contribution >= 4 is 13.3 Å². The monoisotopic (exact) mass is 321 g/mol. The molecule has 0 aliphatic carbocycles. The molecule has 2 aliphatic rings. The Balaban J connectivity index is 1.40. The first-order valence-electron chi connectivity index (χ1n) is 9.20. The van der Waals surface area contributed by atoms with Gasteiger partial charge in [-0.1, -0.05) is 72.2 Å². The highest BCUT2D eigenvalue weighted by molar-refractivity contribution is 6.92. The molecule has 1 nitrogen and oxygen atoms in total. The van der Waals surface area contributed by atoms with Crippen LogP contribution in [-0.2, 0) is 12.8 Å². The van der Waals surface area contributed by atoms with E-state index in [4.69, 9.17) is 0 Å². The quantitative estimate of drug-likeness (QED) is 0.776. The van der Waals surface area contributed by atoms with Gasteiger partial charge in [0.2, 0.25) is 0 Å². The molecule has 1 spiro atoms. The molecule has 2 heteroatoms. The summed E-state index contributed by atoms with van der Waals surface area (Å²) in [4.78, 5) is 2.71. The Morgan fingerprint density at radius 1 is 0.826 bits per heavy atom. The van der Waals surface area contributed by atoms with Crippen LogP contribution in [0.4, 0.5) is 0 Å². The van der Waals surface area contributed by atoms with Crippen LogP contribution in [-0.4, -0.2) is 32.6 Å². The summed E-state index contributed by atoms with van der Waals surface area (Å²) >= 11 is 0. The number of aryl methyl sites for hydroxylation is 1. The van der Waals surface area contributed by atoms with Gasteiger partial charge in [-0.2, -0.15) is 0 Å². The number of hydrogen-bond acceptors (Lipinski definition) is 1. The van der Waals surface area contributed by atoms with Gasteiger partial charge in [-0.05, 0) is 49.1 Å². The molecule has 1 saturated heterocycles. The summed E-state index contributed by atoms with van der Waals surface area (Å²) in [5.74, 6) is 0. The van der Waals surface area contributed by atoms with Crippen molar-refractivity contribution in [2.75, 3.05) is 19.6 Å². The van der Waals surface area contributed by atoms with Crippen molar-refractivity contribution < 1.29 is 0 Å². The molecule has 0 N–H and O–H groups in total. The van der Waals surface area contributed by atoms with E-state index in [0.717, 1.165) is 0 Å². The zero-order valence-corrected chi connectivity index (χ0v) is 15.0. The maximum Gasteiger partial charge on any atom is 0.0895 e. The summed E-state index contributed by atoms with van der Waals surface area (Å²) in [5.41, 5.74) is 3.16. The molecule has 2 aliphatic heterocycles. The Kier molecular flexibility index (Phi) is 4.36. The van der Waals surface area contributed by atoms with Crippen molar-refractivity contribution in [1.82, 2.24) is 4.90 Å². The Morgan fingerprint density at radius 3 is 2.39 bits per heavy atom. The van der Waals surface area contributed by atoms with Crippen molar-refractivity contribution in [1.29, 1.82) is 0 Å². The average Bonchev–Trinajstić information content (AvgIpc) is 2.63. The van der Waals surface area contributed by atoms with E-state index >= 15 is 0 Å². The largest absolute Gasteiger partial charge is 0.304 e. The molecule has 0 unspecified atom stereocenters. The second-order valence-corrected chi connectivity index (χ2v) is 12.0. The second-order valence-electron chi connectivity index (χ2n) is 7.37. The van der Waals surface area contributed by atoms with Gasteiger partial charge >= 0.3 is 0 Å². The highest BCUT2D eigenvalue weighted by atomic mass is 28.3. The fraction of sp³-hybridized carbons (Fsp3) is 0.429. The van der Waals surface area contributed by atoms with Crippen LogP contribution in [0.15, 0.2) is 54.6 Å². The van der Waals surface area contributed by atoms with Gasteiger partial charge in [0.25, 0.3) is 0 Å². The van der Waals surface area contributed by atoms with Crippen LogP contribution in [0.5, 0.6) is 0 Å². The van der Waals surface area contributed by atoms with Gasteiger partial charge in [0.1, 0.15) is 0 Å². The first-order chi connectivity index (χ1) is 11.4. The lowest BCUT2D eigenvalue weighted by atomic mass is 10.1. The number of hydrogen-bond donors (Lipinski definition) is 0. The minimum Gasteiger partial charge on any atom is -0.304 e. The normalized spacial score (nSPS) is 20.3. The van der Waals surface area contributed by atoms with Gasteiger partial charge in [-0.25, -0.2) is 0 Å². The molecule has 0 aromatic heterocycles. The maximum absolute atomic E-state index is 2.71. The molecule has 0 radical (unpaired) electrons. The number of rotatable bonds is 3. The molecule has 4 rings (SSSR count). The molecular formula is C21H27NSi. The van der Waals surface area contributed by atoms with E-state index in [0.29, 0.717) is 0 Å².